The second-order valence-corrected chi connectivity index (χ2v) is 4.76. The largest absolute Gasteiger partial charge is 0.515 e. The molecule has 0 amide bonds. The molecular weight excluding hydrogens is 303 g/mol. The maximum atomic E-state index is 11.2. The van der Waals surface area contributed by atoms with E-state index in [1.807, 2.05) is 6.92 Å². The van der Waals surface area contributed by atoms with Crippen molar-refractivity contribution in [2.45, 2.75) is 13.8 Å². The minimum Gasteiger partial charge on any atom is -0.434 e. The van der Waals surface area contributed by atoms with Crippen molar-refractivity contribution in [1.82, 2.24) is 9.78 Å². The van der Waals surface area contributed by atoms with Gasteiger partial charge in [0.05, 0.1) is 17.3 Å². The quantitative estimate of drug-likeness (QED) is 0.803. The molecule has 0 aliphatic rings. The molecule has 20 heavy (non-hydrogen) atoms. The van der Waals surface area contributed by atoms with Crippen molar-refractivity contribution >= 4 is 29.4 Å². The van der Waals surface area contributed by atoms with E-state index in [0.29, 0.717) is 15.7 Å². The van der Waals surface area contributed by atoms with Crippen molar-refractivity contribution in [3.8, 4) is 11.6 Å². The van der Waals surface area contributed by atoms with Crippen LogP contribution in [0.5, 0.6) is 5.88 Å². The van der Waals surface area contributed by atoms with Gasteiger partial charge in [-0.15, -0.1) is 5.10 Å². The number of nitrogens with zero attached hydrogens (tertiary/aromatic N) is 2. The van der Waals surface area contributed by atoms with Crippen LogP contribution in [0, 0.1) is 6.92 Å². The summed E-state index contributed by atoms with van der Waals surface area (Å²) in [5.41, 5.74) is 1.40. The molecule has 0 saturated carbocycles. The third-order valence-electron chi connectivity index (χ3n) is 2.45. The number of aromatic nitrogens is 2. The van der Waals surface area contributed by atoms with Crippen molar-refractivity contribution < 1.29 is 14.3 Å². The van der Waals surface area contributed by atoms with Crippen LogP contribution in [-0.2, 0) is 4.74 Å². The van der Waals surface area contributed by atoms with Crippen LogP contribution in [0.1, 0.15) is 12.6 Å². The Bertz CT molecular complexity index is 641. The summed E-state index contributed by atoms with van der Waals surface area (Å²) in [5.74, 6) is 0.145. The third kappa shape index (κ3) is 3.23. The first-order valence-corrected chi connectivity index (χ1v) is 6.63. The van der Waals surface area contributed by atoms with Gasteiger partial charge in [-0.2, -0.15) is 0 Å². The number of halogens is 2. The Morgan fingerprint density at radius 2 is 2.10 bits per heavy atom. The summed E-state index contributed by atoms with van der Waals surface area (Å²) in [6.07, 6.45) is -0.792. The smallest absolute Gasteiger partial charge is 0.434 e. The molecule has 0 radical (unpaired) electrons. The van der Waals surface area contributed by atoms with E-state index >= 15 is 0 Å². The summed E-state index contributed by atoms with van der Waals surface area (Å²) in [6.45, 7) is 3.75. The van der Waals surface area contributed by atoms with Gasteiger partial charge < -0.3 is 9.47 Å². The molecule has 106 valence electrons. The molecule has 1 heterocycles. The van der Waals surface area contributed by atoms with E-state index in [0.717, 1.165) is 5.69 Å². The van der Waals surface area contributed by atoms with Gasteiger partial charge in [0.1, 0.15) is 0 Å². The molecule has 0 fully saturated rings. The predicted molar refractivity (Wildman–Crippen MR) is 76.0 cm³/mol. The van der Waals surface area contributed by atoms with Crippen molar-refractivity contribution in [2.75, 3.05) is 6.61 Å². The Morgan fingerprint density at radius 1 is 1.35 bits per heavy atom. The van der Waals surface area contributed by atoms with E-state index in [2.05, 4.69) is 9.84 Å². The van der Waals surface area contributed by atoms with Gasteiger partial charge in [-0.25, -0.2) is 9.48 Å². The second-order valence-electron chi connectivity index (χ2n) is 3.92. The minimum absolute atomic E-state index is 0.145. The fourth-order valence-corrected chi connectivity index (χ4v) is 2.11. The van der Waals surface area contributed by atoms with E-state index in [1.165, 1.54) is 0 Å². The number of aryl methyl sites for hydroxylation is 1. The van der Waals surface area contributed by atoms with E-state index in [4.69, 9.17) is 27.9 Å². The van der Waals surface area contributed by atoms with Crippen LogP contribution in [0.15, 0.2) is 24.3 Å². The highest BCUT2D eigenvalue weighted by atomic mass is 35.5. The zero-order chi connectivity index (χ0) is 14.7. The number of carbonyl (C=O) groups excluding carboxylic acids is 1. The predicted octanol–water partition coefficient (Wildman–Crippen LogP) is 4.02. The summed E-state index contributed by atoms with van der Waals surface area (Å²) in [5, 5.41) is 5.14. The lowest BCUT2D eigenvalue weighted by Gasteiger charge is -2.06. The van der Waals surface area contributed by atoms with Gasteiger partial charge in [-0.3, -0.25) is 0 Å². The van der Waals surface area contributed by atoms with Crippen molar-refractivity contribution in [3.63, 3.8) is 0 Å². The van der Waals surface area contributed by atoms with Gasteiger partial charge in [-0.1, -0.05) is 23.2 Å². The highest BCUT2D eigenvalue weighted by Crippen LogP contribution is 2.26. The molecule has 0 unspecified atom stereocenters. The van der Waals surface area contributed by atoms with Gasteiger partial charge >= 0.3 is 6.16 Å². The van der Waals surface area contributed by atoms with Gasteiger partial charge in [0.2, 0.25) is 5.88 Å². The van der Waals surface area contributed by atoms with Crippen LogP contribution < -0.4 is 4.74 Å². The summed E-state index contributed by atoms with van der Waals surface area (Å²) in [7, 11) is 0. The molecule has 5 nitrogen and oxygen atoms in total. The topological polar surface area (TPSA) is 53.4 Å². The number of carbonyl (C=O) groups is 1. The summed E-state index contributed by atoms with van der Waals surface area (Å²) in [6, 6.07) is 6.67. The first-order valence-electron chi connectivity index (χ1n) is 5.88. The fraction of sp³-hybridized carbons (Fsp3) is 0.231. The third-order valence-corrected chi connectivity index (χ3v) is 2.99. The highest BCUT2D eigenvalue weighted by molar-refractivity contribution is 6.35. The van der Waals surface area contributed by atoms with Gasteiger partial charge in [0.25, 0.3) is 0 Å². The maximum Gasteiger partial charge on any atom is 0.515 e. The standard InChI is InChI=1S/C13H12Cl2N2O3/c1-3-19-13(18)20-12-6-8(2)17(16-12)11-5-4-9(14)7-10(11)15/h4-7H,3H2,1-2H3. The number of hydrogen-bond donors (Lipinski definition) is 0. The molecule has 7 heteroatoms. The molecule has 0 atom stereocenters. The van der Waals surface area contributed by atoms with Crippen LogP contribution >= 0.6 is 23.2 Å². The number of rotatable bonds is 3. The first-order chi connectivity index (χ1) is 9.51. The van der Waals surface area contributed by atoms with E-state index in [1.54, 1.807) is 35.9 Å². The summed E-state index contributed by atoms with van der Waals surface area (Å²) in [4.78, 5) is 11.2. The Hall–Kier alpha value is -1.72. The molecular formula is C13H12Cl2N2O3. The number of hydrogen-bond acceptors (Lipinski definition) is 4. The Labute approximate surface area is 126 Å². The van der Waals surface area contributed by atoms with E-state index < -0.39 is 6.16 Å². The molecule has 1 aromatic heterocycles. The fourth-order valence-electron chi connectivity index (χ4n) is 1.63. The van der Waals surface area contributed by atoms with Crippen LogP contribution in [0.2, 0.25) is 10.0 Å². The average Bonchev–Trinajstić information content (AvgIpc) is 2.70. The molecule has 2 aromatic rings. The molecule has 2 rings (SSSR count). The molecule has 0 aliphatic carbocycles. The molecule has 0 saturated heterocycles. The van der Waals surface area contributed by atoms with Crippen molar-refractivity contribution in [3.05, 3.63) is 40.0 Å². The van der Waals surface area contributed by atoms with E-state index in [-0.39, 0.29) is 12.5 Å². The number of benzene rings is 1. The Morgan fingerprint density at radius 3 is 2.75 bits per heavy atom. The molecule has 0 bridgehead atoms. The van der Waals surface area contributed by atoms with Crippen molar-refractivity contribution in [2.24, 2.45) is 0 Å². The zero-order valence-electron chi connectivity index (χ0n) is 10.9. The Kier molecular flexibility index (Phi) is 4.52. The lowest BCUT2D eigenvalue weighted by Crippen LogP contribution is -2.10. The monoisotopic (exact) mass is 314 g/mol. The number of ether oxygens (including phenoxy) is 2. The molecule has 1 aromatic carbocycles. The molecule has 0 aliphatic heterocycles. The van der Waals surface area contributed by atoms with Gasteiger partial charge in [0.15, 0.2) is 0 Å². The zero-order valence-corrected chi connectivity index (χ0v) is 12.4. The van der Waals surface area contributed by atoms with Crippen LogP contribution in [0.3, 0.4) is 0 Å². The maximum absolute atomic E-state index is 11.2. The molecule has 0 N–H and O–H groups in total. The van der Waals surface area contributed by atoms with Gasteiger partial charge in [-0.05, 0) is 32.0 Å². The van der Waals surface area contributed by atoms with Gasteiger partial charge in [0, 0.05) is 16.8 Å². The van der Waals surface area contributed by atoms with Crippen LogP contribution in [0.4, 0.5) is 4.79 Å². The first kappa shape index (κ1) is 14.7. The van der Waals surface area contributed by atoms with Crippen molar-refractivity contribution in [1.29, 1.82) is 0 Å². The average molecular weight is 315 g/mol. The second kappa shape index (κ2) is 6.15. The summed E-state index contributed by atoms with van der Waals surface area (Å²) < 4.78 is 11.2. The van der Waals surface area contributed by atoms with Crippen LogP contribution in [-0.4, -0.2) is 22.5 Å². The normalized spacial score (nSPS) is 10.4. The SMILES string of the molecule is CCOC(=O)Oc1cc(C)n(-c2ccc(Cl)cc2Cl)n1. The van der Waals surface area contributed by atoms with Crippen LogP contribution in [0.25, 0.3) is 5.69 Å². The van der Waals surface area contributed by atoms with E-state index in [9.17, 15) is 4.79 Å². The molecule has 0 spiro atoms. The summed E-state index contributed by atoms with van der Waals surface area (Å²) >= 11 is 12.0. The minimum atomic E-state index is -0.792. The Balaban J connectivity index is 2.29. The lowest BCUT2D eigenvalue weighted by atomic mass is 10.3. The highest BCUT2D eigenvalue weighted by Gasteiger charge is 2.13. The lowest BCUT2D eigenvalue weighted by molar-refractivity contribution is 0.102.